The normalized spacial score (nSPS) is 12.2. The molecule has 0 aromatic carbocycles. The number of aryl methyl sites for hydroxylation is 1. The molecule has 1 heterocycles. The molecule has 1 rings (SSSR count). The average molecular weight is 253 g/mol. The Morgan fingerprint density at radius 1 is 1.65 bits per heavy atom. The summed E-state index contributed by atoms with van der Waals surface area (Å²) < 4.78 is 0. The topological polar surface area (TPSA) is 68.0 Å². The van der Waals surface area contributed by atoms with Gasteiger partial charge in [0.15, 0.2) is 0 Å². The molecule has 0 saturated heterocycles. The Labute approximate surface area is 106 Å². The zero-order valence-electron chi connectivity index (χ0n) is 10.3. The molecule has 0 saturated carbocycles. The number of nitrogens with two attached hydrogens (primary N) is 1. The maximum absolute atomic E-state index is 11.7. The van der Waals surface area contributed by atoms with Crippen LogP contribution in [0.4, 0.5) is 0 Å². The predicted molar refractivity (Wildman–Crippen MR) is 71.8 cm³/mol. The standard InChI is InChI=1S/C12H19N3OS/c1-9-3-5-14-7-10(9)8-15-12(16)11(13)4-6-17-2/h3,5,7,11H,4,6,8,13H2,1-2H3,(H,15,16)/t11-/m1/s1. The molecule has 0 aliphatic heterocycles. The molecule has 1 aromatic rings. The fourth-order valence-corrected chi connectivity index (χ4v) is 1.86. The van der Waals surface area contributed by atoms with Gasteiger partial charge < -0.3 is 11.1 Å². The van der Waals surface area contributed by atoms with Gasteiger partial charge in [-0.25, -0.2) is 0 Å². The molecule has 4 nitrogen and oxygen atoms in total. The van der Waals surface area contributed by atoms with Crippen LogP contribution < -0.4 is 11.1 Å². The summed E-state index contributed by atoms with van der Waals surface area (Å²) in [5.41, 5.74) is 7.91. The van der Waals surface area contributed by atoms with Gasteiger partial charge in [0.2, 0.25) is 5.91 Å². The lowest BCUT2D eigenvalue weighted by atomic mass is 10.1. The van der Waals surface area contributed by atoms with Gasteiger partial charge in [-0.15, -0.1) is 0 Å². The van der Waals surface area contributed by atoms with Crippen LogP contribution in [-0.2, 0) is 11.3 Å². The van der Waals surface area contributed by atoms with E-state index in [0.717, 1.165) is 16.9 Å². The van der Waals surface area contributed by atoms with E-state index in [4.69, 9.17) is 5.73 Å². The Morgan fingerprint density at radius 2 is 2.41 bits per heavy atom. The number of amides is 1. The number of nitrogens with zero attached hydrogens (tertiary/aromatic N) is 1. The minimum atomic E-state index is -0.417. The van der Waals surface area contributed by atoms with E-state index < -0.39 is 6.04 Å². The van der Waals surface area contributed by atoms with Gasteiger partial charge in [-0.3, -0.25) is 9.78 Å². The van der Waals surface area contributed by atoms with Crippen LogP contribution in [0.1, 0.15) is 17.5 Å². The second kappa shape index (κ2) is 7.29. The van der Waals surface area contributed by atoms with E-state index in [9.17, 15) is 4.79 Å². The van der Waals surface area contributed by atoms with Gasteiger partial charge >= 0.3 is 0 Å². The molecule has 0 aliphatic carbocycles. The molecule has 0 spiro atoms. The molecule has 0 fully saturated rings. The monoisotopic (exact) mass is 253 g/mol. The number of nitrogens with one attached hydrogen (secondary N) is 1. The summed E-state index contributed by atoms with van der Waals surface area (Å²) in [6, 6.07) is 1.51. The molecule has 5 heteroatoms. The van der Waals surface area contributed by atoms with Crippen LogP contribution in [0.2, 0.25) is 0 Å². The fourth-order valence-electron chi connectivity index (χ4n) is 1.37. The highest BCUT2D eigenvalue weighted by molar-refractivity contribution is 7.98. The van der Waals surface area contributed by atoms with E-state index in [-0.39, 0.29) is 5.91 Å². The van der Waals surface area contributed by atoms with Gasteiger partial charge in [-0.1, -0.05) is 0 Å². The van der Waals surface area contributed by atoms with E-state index >= 15 is 0 Å². The van der Waals surface area contributed by atoms with Gasteiger partial charge in [-0.05, 0) is 42.5 Å². The smallest absolute Gasteiger partial charge is 0.237 e. The molecule has 0 bridgehead atoms. The number of hydrogen-bond donors (Lipinski definition) is 2. The third-order valence-electron chi connectivity index (χ3n) is 2.57. The van der Waals surface area contributed by atoms with Crippen molar-refractivity contribution in [3.05, 3.63) is 29.6 Å². The van der Waals surface area contributed by atoms with Crippen molar-refractivity contribution in [2.45, 2.75) is 25.9 Å². The molecule has 17 heavy (non-hydrogen) atoms. The number of carbonyl (C=O) groups is 1. The summed E-state index contributed by atoms with van der Waals surface area (Å²) in [5.74, 6) is 0.808. The van der Waals surface area contributed by atoms with E-state index in [2.05, 4.69) is 10.3 Å². The fraction of sp³-hybridized carbons (Fsp3) is 0.500. The molecule has 0 aliphatic rings. The zero-order valence-corrected chi connectivity index (χ0v) is 11.1. The Hall–Kier alpha value is -1.07. The molecule has 1 atom stereocenters. The average Bonchev–Trinajstić information content (AvgIpc) is 2.34. The lowest BCUT2D eigenvalue weighted by molar-refractivity contribution is -0.122. The van der Waals surface area contributed by atoms with E-state index in [1.807, 2.05) is 19.2 Å². The molecule has 0 radical (unpaired) electrons. The quantitative estimate of drug-likeness (QED) is 0.796. The first-order chi connectivity index (χ1) is 8.15. The summed E-state index contributed by atoms with van der Waals surface area (Å²) in [7, 11) is 0. The molecular formula is C12H19N3OS. The maximum Gasteiger partial charge on any atom is 0.237 e. The number of carbonyl (C=O) groups excluding carboxylic acids is 1. The highest BCUT2D eigenvalue weighted by Gasteiger charge is 2.12. The lowest BCUT2D eigenvalue weighted by Gasteiger charge is -2.12. The summed E-state index contributed by atoms with van der Waals surface area (Å²) in [6.07, 6.45) is 6.22. The molecule has 1 amide bonds. The van der Waals surface area contributed by atoms with Crippen LogP contribution in [0.5, 0.6) is 0 Å². The highest BCUT2D eigenvalue weighted by atomic mass is 32.2. The third-order valence-corrected chi connectivity index (χ3v) is 3.21. The Morgan fingerprint density at radius 3 is 3.06 bits per heavy atom. The van der Waals surface area contributed by atoms with Gasteiger partial charge in [0.05, 0.1) is 6.04 Å². The molecule has 94 valence electrons. The van der Waals surface area contributed by atoms with Crippen LogP contribution in [0.25, 0.3) is 0 Å². The van der Waals surface area contributed by atoms with E-state index in [1.165, 1.54) is 0 Å². The van der Waals surface area contributed by atoms with Crippen LogP contribution in [0, 0.1) is 6.92 Å². The van der Waals surface area contributed by atoms with Crippen molar-refractivity contribution in [3.63, 3.8) is 0 Å². The molecule has 1 aromatic heterocycles. The van der Waals surface area contributed by atoms with Gasteiger partial charge in [0.25, 0.3) is 0 Å². The van der Waals surface area contributed by atoms with Gasteiger partial charge in [0.1, 0.15) is 0 Å². The van der Waals surface area contributed by atoms with E-state index in [0.29, 0.717) is 13.0 Å². The third kappa shape index (κ3) is 4.75. The molecule has 3 N–H and O–H groups in total. The van der Waals surface area contributed by atoms with Crippen LogP contribution in [0.15, 0.2) is 18.5 Å². The first-order valence-corrected chi connectivity index (χ1v) is 6.96. The first kappa shape index (κ1) is 14.0. The molecule has 0 unspecified atom stereocenters. The predicted octanol–water partition coefficient (Wildman–Crippen LogP) is 1.09. The Bertz CT molecular complexity index is 371. The van der Waals surface area contributed by atoms with Crippen molar-refractivity contribution in [3.8, 4) is 0 Å². The van der Waals surface area contributed by atoms with Crippen molar-refractivity contribution >= 4 is 17.7 Å². The van der Waals surface area contributed by atoms with Crippen molar-refractivity contribution in [1.82, 2.24) is 10.3 Å². The number of hydrogen-bond acceptors (Lipinski definition) is 4. The van der Waals surface area contributed by atoms with Crippen molar-refractivity contribution in [1.29, 1.82) is 0 Å². The largest absolute Gasteiger partial charge is 0.351 e. The minimum Gasteiger partial charge on any atom is -0.351 e. The van der Waals surface area contributed by atoms with E-state index in [1.54, 1.807) is 24.2 Å². The SMILES string of the molecule is CSCC[C@@H](N)C(=O)NCc1cnccc1C. The lowest BCUT2D eigenvalue weighted by Crippen LogP contribution is -2.40. The van der Waals surface area contributed by atoms with Crippen molar-refractivity contribution < 1.29 is 4.79 Å². The number of thioether (sulfide) groups is 1. The van der Waals surface area contributed by atoms with Gasteiger partial charge in [-0.2, -0.15) is 11.8 Å². The highest BCUT2D eigenvalue weighted by Crippen LogP contribution is 2.04. The van der Waals surface area contributed by atoms with Crippen molar-refractivity contribution in [2.75, 3.05) is 12.0 Å². The number of aromatic nitrogens is 1. The summed E-state index contributed by atoms with van der Waals surface area (Å²) in [6.45, 7) is 2.49. The van der Waals surface area contributed by atoms with Crippen LogP contribution >= 0.6 is 11.8 Å². The van der Waals surface area contributed by atoms with Crippen LogP contribution in [0.3, 0.4) is 0 Å². The Balaban J connectivity index is 2.40. The number of pyridine rings is 1. The Kier molecular flexibility index (Phi) is 6.00. The van der Waals surface area contributed by atoms with Crippen LogP contribution in [-0.4, -0.2) is 28.9 Å². The van der Waals surface area contributed by atoms with Crippen molar-refractivity contribution in [2.24, 2.45) is 5.73 Å². The minimum absolute atomic E-state index is 0.0951. The number of rotatable bonds is 6. The molecular weight excluding hydrogens is 234 g/mol. The van der Waals surface area contributed by atoms with Gasteiger partial charge in [0, 0.05) is 18.9 Å². The second-order valence-corrected chi connectivity index (χ2v) is 4.89. The summed E-state index contributed by atoms with van der Waals surface area (Å²) in [5, 5.41) is 2.84. The maximum atomic E-state index is 11.7. The summed E-state index contributed by atoms with van der Waals surface area (Å²) >= 11 is 1.69. The second-order valence-electron chi connectivity index (χ2n) is 3.91. The zero-order chi connectivity index (χ0) is 12.7. The summed E-state index contributed by atoms with van der Waals surface area (Å²) in [4.78, 5) is 15.7. The first-order valence-electron chi connectivity index (χ1n) is 5.57.